The van der Waals surface area contributed by atoms with E-state index in [-0.39, 0.29) is 5.41 Å². The fraction of sp³-hybridized carbons (Fsp3) is 0.357. The summed E-state index contributed by atoms with van der Waals surface area (Å²) >= 11 is 2.28. The van der Waals surface area contributed by atoms with Gasteiger partial charge in [-0.1, -0.05) is 45.0 Å². The van der Waals surface area contributed by atoms with Crippen LogP contribution in [0.25, 0.3) is 0 Å². The van der Waals surface area contributed by atoms with Crippen LogP contribution in [0.2, 0.25) is 0 Å². The van der Waals surface area contributed by atoms with Crippen molar-refractivity contribution >= 4 is 22.6 Å². The minimum atomic E-state index is 0.222. The molecule has 0 saturated carbocycles. The van der Waals surface area contributed by atoms with Crippen molar-refractivity contribution in [3.05, 3.63) is 51.4 Å². The van der Waals surface area contributed by atoms with E-state index in [0.29, 0.717) is 0 Å². The van der Waals surface area contributed by atoms with E-state index < -0.39 is 0 Å². The van der Waals surface area contributed by atoms with Gasteiger partial charge in [-0.25, -0.2) is 0 Å². The van der Waals surface area contributed by atoms with Crippen LogP contribution >= 0.6 is 22.6 Å². The van der Waals surface area contributed by atoms with Crippen molar-refractivity contribution in [3.8, 4) is 0 Å². The number of nitrogens with zero attached hydrogens (tertiary/aromatic N) is 2. The Bertz CT molecular complexity index is 492. The van der Waals surface area contributed by atoms with Crippen LogP contribution in [0.5, 0.6) is 0 Å². The van der Waals surface area contributed by atoms with E-state index in [2.05, 4.69) is 78.9 Å². The van der Waals surface area contributed by atoms with Gasteiger partial charge >= 0.3 is 0 Å². The van der Waals surface area contributed by atoms with Gasteiger partial charge in [-0.2, -0.15) is 5.10 Å². The molecule has 0 aliphatic rings. The summed E-state index contributed by atoms with van der Waals surface area (Å²) in [6, 6.07) is 8.80. The van der Waals surface area contributed by atoms with Crippen LogP contribution in [-0.4, -0.2) is 9.78 Å². The van der Waals surface area contributed by atoms with Crippen LogP contribution in [0, 0.1) is 3.57 Å². The monoisotopic (exact) mass is 340 g/mol. The molecule has 0 aliphatic carbocycles. The minimum absolute atomic E-state index is 0.222. The molecule has 17 heavy (non-hydrogen) atoms. The van der Waals surface area contributed by atoms with Gasteiger partial charge in [0.1, 0.15) is 0 Å². The largest absolute Gasteiger partial charge is 0.267 e. The number of benzene rings is 1. The summed E-state index contributed by atoms with van der Waals surface area (Å²) in [5.41, 5.74) is 2.88. The van der Waals surface area contributed by atoms with Crippen LogP contribution in [0.4, 0.5) is 0 Å². The van der Waals surface area contributed by atoms with Gasteiger partial charge in [0.05, 0.1) is 16.3 Å². The Labute approximate surface area is 116 Å². The third-order valence-electron chi connectivity index (χ3n) is 2.77. The molecule has 0 bridgehead atoms. The zero-order valence-electron chi connectivity index (χ0n) is 10.4. The quantitative estimate of drug-likeness (QED) is 0.760. The maximum absolute atomic E-state index is 4.29. The van der Waals surface area contributed by atoms with Crippen LogP contribution < -0.4 is 0 Å². The summed E-state index contributed by atoms with van der Waals surface area (Å²) in [4.78, 5) is 0. The second-order valence-electron chi connectivity index (χ2n) is 5.30. The minimum Gasteiger partial charge on any atom is -0.267 e. The molecule has 0 spiro atoms. The number of hydrogen-bond acceptors (Lipinski definition) is 1. The lowest BCUT2D eigenvalue weighted by molar-refractivity contribution is 0.589. The van der Waals surface area contributed by atoms with Gasteiger partial charge in [0.15, 0.2) is 0 Å². The Kier molecular flexibility index (Phi) is 3.56. The maximum atomic E-state index is 4.29. The molecule has 90 valence electrons. The van der Waals surface area contributed by atoms with Crippen LogP contribution in [-0.2, 0) is 12.0 Å². The number of hydrogen-bond donors (Lipinski definition) is 0. The summed E-state index contributed by atoms with van der Waals surface area (Å²) in [6.45, 7) is 7.54. The standard InChI is InChI=1S/C14H17IN2/c1-14(2,3)12-6-4-11(5-7-12)9-17-10-13(15)8-16-17/h4-8,10H,9H2,1-3H3. The van der Waals surface area contributed by atoms with Crippen molar-refractivity contribution in [2.45, 2.75) is 32.7 Å². The van der Waals surface area contributed by atoms with E-state index in [4.69, 9.17) is 0 Å². The predicted molar refractivity (Wildman–Crippen MR) is 79.2 cm³/mol. The zero-order valence-corrected chi connectivity index (χ0v) is 12.6. The lowest BCUT2D eigenvalue weighted by Crippen LogP contribution is -2.11. The Morgan fingerprint density at radius 2 is 1.82 bits per heavy atom. The molecule has 1 aromatic heterocycles. The molecule has 2 aromatic rings. The average molecular weight is 340 g/mol. The molecular weight excluding hydrogens is 323 g/mol. The molecule has 2 nitrogen and oxygen atoms in total. The fourth-order valence-electron chi connectivity index (χ4n) is 1.72. The normalized spacial score (nSPS) is 11.8. The van der Waals surface area contributed by atoms with Gasteiger partial charge in [-0.15, -0.1) is 0 Å². The summed E-state index contributed by atoms with van der Waals surface area (Å²) in [5.74, 6) is 0. The van der Waals surface area contributed by atoms with Gasteiger partial charge in [0.2, 0.25) is 0 Å². The summed E-state index contributed by atoms with van der Waals surface area (Å²) in [7, 11) is 0. The first-order valence-corrected chi connectivity index (χ1v) is 6.80. The predicted octanol–water partition coefficient (Wildman–Crippen LogP) is 3.83. The van der Waals surface area contributed by atoms with E-state index in [1.807, 2.05) is 10.9 Å². The number of halogens is 1. The average Bonchev–Trinajstić information content (AvgIpc) is 2.63. The van der Waals surface area contributed by atoms with Gasteiger partial charge in [-0.3, -0.25) is 4.68 Å². The molecule has 0 amide bonds. The van der Waals surface area contributed by atoms with Gasteiger partial charge in [0.25, 0.3) is 0 Å². The van der Waals surface area contributed by atoms with E-state index in [9.17, 15) is 0 Å². The van der Waals surface area contributed by atoms with Gasteiger partial charge in [-0.05, 0) is 39.1 Å². The fourth-order valence-corrected chi connectivity index (χ4v) is 2.17. The Morgan fingerprint density at radius 3 is 2.29 bits per heavy atom. The second kappa shape index (κ2) is 4.80. The molecular formula is C14H17IN2. The molecule has 0 fully saturated rings. The van der Waals surface area contributed by atoms with Crippen molar-refractivity contribution in [3.63, 3.8) is 0 Å². The molecule has 0 N–H and O–H groups in total. The Hall–Kier alpha value is -0.840. The number of rotatable bonds is 2. The summed E-state index contributed by atoms with van der Waals surface area (Å²) in [6.07, 6.45) is 3.93. The molecule has 0 radical (unpaired) electrons. The van der Waals surface area contributed by atoms with Crippen molar-refractivity contribution in [1.82, 2.24) is 9.78 Å². The Morgan fingerprint density at radius 1 is 1.18 bits per heavy atom. The van der Waals surface area contributed by atoms with E-state index in [1.54, 1.807) is 0 Å². The first kappa shape index (κ1) is 12.6. The van der Waals surface area contributed by atoms with Crippen LogP contribution in [0.15, 0.2) is 36.7 Å². The van der Waals surface area contributed by atoms with Crippen molar-refractivity contribution in [2.24, 2.45) is 0 Å². The first-order chi connectivity index (χ1) is 7.95. The van der Waals surface area contributed by atoms with Crippen molar-refractivity contribution in [2.75, 3.05) is 0 Å². The molecule has 2 rings (SSSR count). The van der Waals surface area contributed by atoms with E-state index >= 15 is 0 Å². The lowest BCUT2D eigenvalue weighted by atomic mass is 9.87. The topological polar surface area (TPSA) is 17.8 Å². The highest BCUT2D eigenvalue weighted by atomic mass is 127. The van der Waals surface area contributed by atoms with Crippen LogP contribution in [0.3, 0.4) is 0 Å². The smallest absolute Gasteiger partial charge is 0.0659 e. The summed E-state index contributed by atoms with van der Waals surface area (Å²) < 4.78 is 3.14. The third kappa shape index (κ3) is 3.31. The molecule has 0 saturated heterocycles. The van der Waals surface area contributed by atoms with Gasteiger partial charge < -0.3 is 0 Å². The van der Waals surface area contributed by atoms with Crippen LogP contribution in [0.1, 0.15) is 31.9 Å². The van der Waals surface area contributed by atoms with E-state index in [1.165, 1.54) is 14.7 Å². The highest BCUT2D eigenvalue weighted by Crippen LogP contribution is 2.22. The number of aromatic nitrogens is 2. The molecule has 1 heterocycles. The summed E-state index contributed by atoms with van der Waals surface area (Å²) in [5, 5.41) is 4.29. The molecule has 0 unspecified atom stereocenters. The SMILES string of the molecule is CC(C)(C)c1ccc(Cn2cc(I)cn2)cc1. The molecule has 3 heteroatoms. The second-order valence-corrected chi connectivity index (χ2v) is 6.55. The highest BCUT2D eigenvalue weighted by Gasteiger charge is 2.12. The van der Waals surface area contributed by atoms with Crippen molar-refractivity contribution in [1.29, 1.82) is 0 Å². The third-order valence-corrected chi connectivity index (χ3v) is 3.32. The molecule has 0 atom stereocenters. The Balaban J connectivity index is 2.13. The van der Waals surface area contributed by atoms with Crippen molar-refractivity contribution < 1.29 is 0 Å². The van der Waals surface area contributed by atoms with Gasteiger partial charge in [0, 0.05) is 6.20 Å². The molecule has 1 aromatic carbocycles. The first-order valence-electron chi connectivity index (χ1n) is 5.72. The maximum Gasteiger partial charge on any atom is 0.0659 e. The zero-order chi connectivity index (χ0) is 12.5. The van der Waals surface area contributed by atoms with E-state index in [0.717, 1.165) is 6.54 Å². The highest BCUT2D eigenvalue weighted by molar-refractivity contribution is 14.1. The lowest BCUT2D eigenvalue weighted by Gasteiger charge is -2.19. The molecule has 0 aliphatic heterocycles.